The lowest BCUT2D eigenvalue weighted by Crippen LogP contribution is -2.15. The second-order valence-electron chi connectivity index (χ2n) is 4.60. The summed E-state index contributed by atoms with van der Waals surface area (Å²) in [6.45, 7) is 0. The van der Waals surface area contributed by atoms with Crippen LogP contribution in [0.2, 0.25) is 5.02 Å². The lowest BCUT2D eigenvalue weighted by molar-refractivity contribution is -0.105. The van der Waals surface area contributed by atoms with E-state index >= 15 is 0 Å². The molecule has 2 nitrogen and oxygen atoms in total. The van der Waals surface area contributed by atoms with E-state index in [0.29, 0.717) is 23.9 Å². The number of rotatable bonds is 4. The SMILES string of the molecule is O=C(Nc1ccccc1SCC(F)(F)F)c1cc(F)c(F)cc1Cl. The van der Waals surface area contributed by atoms with E-state index in [2.05, 4.69) is 5.32 Å². The van der Waals surface area contributed by atoms with Crippen LogP contribution in [0.4, 0.5) is 27.6 Å². The maximum atomic E-state index is 13.2. The smallest absolute Gasteiger partial charge is 0.321 e. The second-order valence-corrected chi connectivity index (χ2v) is 6.02. The number of nitrogens with one attached hydrogen (secondary N) is 1. The molecule has 0 aliphatic rings. The van der Waals surface area contributed by atoms with Gasteiger partial charge in [0.1, 0.15) is 0 Å². The predicted octanol–water partition coefficient (Wildman–Crippen LogP) is 5.52. The van der Waals surface area contributed by atoms with Crippen LogP contribution in [-0.2, 0) is 0 Å². The number of anilines is 1. The van der Waals surface area contributed by atoms with Crippen molar-refractivity contribution in [2.75, 3.05) is 11.1 Å². The molecule has 2 aromatic carbocycles. The van der Waals surface area contributed by atoms with Gasteiger partial charge < -0.3 is 5.32 Å². The Morgan fingerprint density at radius 1 is 1.12 bits per heavy atom. The first-order valence-electron chi connectivity index (χ1n) is 6.42. The number of carbonyl (C=O) groups excluding carboxylic acids is 1. The molecule has 0 bridgehead atoms. The Balaban J connectivity index is 2.22. The summed E-state index contributed by atoms with van der Waals surface area (Å²) in [4.78, 5) is 12.3. The molecular weight excluding hydrogens is 373 g/mol. The van der Waals surface area contributed by atoms with Crippen LogP contribution >= 0.6 is 23.4 Å². The van der Waals surface area contributed by atoms with Gasteiger partial charge in [-0.3, -0.25) is 4.79 Å². The van der Waals surface area contributed by atoms with Crippen molar-refractivity contribution in [3.05, 3.63) is 58.6 Å². The van der Waals surface area contributed by atoms with E-state index in [9.17, 15) is 26.7 Å². The Labute approximate surface area is 143 Å². The van der Waals surface area contributed by atoms with Crippen molar-refractivity contribution in [2.45, 2.75) is 11.1 Å². The lowest BCUT2D eigenvalue weighted by Gasteiger charge is -2.12. The van der Waals surface area contributed by atoms with Crippen molar-refractivity contribution in [1.82, 2.24) is 0 Å². The summed E-state index contributed by atoms with van der Waals surface area (Å²) in [5.74, 6) is -4.47. The minimum absolute atomic E-state index is 0.109. The highest BCUT2D eigenvalue weighted by Gasteiger charge is 2.28. The summed E-state index contributed by atoms with van der Waals surface area (Å²) < 4.78 is 63.3. The van der Waals surface area contributed by atoms with E-state index in [1.165, 1.54) is 24.3 Å². The molecule has 0 heterocycles. The molecule has 0 fully saturated rings. The van der Waals surface area contributed by atoms with Gasteiger partial charge in [-0.2, -0.15) is 13.2 Å². The zero-order valence-electron chi connectivity index (χ0n) is 11.8. The lowest BCUT2D eigenvalue weighted by atomic mass is 10.2. The molecule has 1 amide bonds. The molecule has 1 N–H and O–H groups in total. The van der Waals surface area contributed by atoms with Gasteiger partial charge in [0.25, 0.3) is 5.91 Å². The van der Waals surface area contributed by atoms with Crippen molar-refractivity contribution in [1.29, 1.82) is 0 Å². The second kappa shape index (κ2) is 7.40. The highest BCUT2D eigenvalue weighted by Crippen LogP contribution is 2.32. The summed E-state index contributed by atoms with van der Waals surface area (Å²) in [5.41, 5.74) is -0.219. The van der Waals surface area contributed by atoms with Crippen LogP contribution in [0, 0.1) is 11.6 Å². The number of hydrogen-bond acceptors (Lipinski definition) is 2. The largest absolute Gasteiger partial charge is 0.398 e. The Kier molecular flexibility index (Phi) is 5.71. The molecule has 2 aromatic rings. The quantitative estimate of drug-likeness (QED) is 0.429. The Morgan fingerprint density at radius 3 is 2.42 bits per heavy atom. The van der Waals surface area contributed by atoms with E-state index in [0.717, 1.165) is 0 Å². The van der Waals surface area contributed by atoms with Gasteiger partial charge in [0, 0.05) is 4.90 Å². The van der Waals surface area contributed by atoms with Gasteiger partial charge in [0.2, 0.25) is 0 Å². The number of benzene rings is 2. The Hall–Kier alpha value is -1.80. The van der Waals surface area contributed by atoms with Crippen molar-refractivity contribution < 1.29 is 26.7 Å². The van der Waals surface area contributed by atoms with E-state index < -0.39 is 29.5 Å². The fourth-order valence-electron chi connectivity index (χ4n) is 1.74. The third-order valence-corrected chi connectivity index (χ3v) is 4.23. The fourth-order valence-corrected chi connectivity index (χ4v) is 2.75. The highest BCUT2D eigenvalue weighted by atomic mass is 35.5. The number of amides is 1. The van der Waals surface area contributed by atoms with E-state index in [4.69, 9.17) is 11.6 Å². The molecule has 9 heteroatoms. The standard InChI is InChI=1S/C15H9ClF5NOS/c16-9-6-11(18)10(17)5-8(9)14(23)22-12-3-1-2-4-13(12)24-7-15(19,20)21/h1-6H,7H2,(H,22,23). The van der Waals surface area contributed by atoms with Gasteiger partial charge in [-0.15, -0.1) is 11.8 Å². The van der Waals surface area contributed by atoms with Gasteiger partial charge in [0.05, 0.1) is 22.0 Å². The average molecular weight is 382 g/mol. The van der Waals surface area contributed by atoms with Crippen LogP contribution in [0.25, 0.3) is 0 Å². The molecule has 0 saturated heterocycles. The van der Waals surface area contributed by atoms with Crippen LogP contribution in [0.15, 0.2) is 41.3 Å². The number of para-hydroxylation sites is 1. The topological polar surface area (TPSA) is 29.1 Å². The average Bonchev–Trinajstić information content (AvgIpc) is 2.49. The van der Waals surface area contributed by atoms with Gasteiger partial charge >= 0.3 is 6.18 Å². The fraction of sp³-hybridized carbons (Fsp3) is 0.133. The van der Waals surface area contributed by atoms with Crippen LogP contribution in [0.5, 0.6) is 0 Å². The number of carbonyl (C=O) groups is 1. The van der Waals surface area contributed by atoms with Crippen molar-refractivity contribution in [2.24, 2.45) is 0 Å². The van der Waals surface area contributed by atoms with Crippen LogP contribution < -0.4 is 5.32 Å². The first-order valence-corrected chi connectivity index (χ1v) is 7.78. The van der Waals surface area contributed by atoms with Gasteiger partial charge in [-0.1, -0.05) is 23.7 Å². The number of halogens is 6. The number of thioether (sulfide) groups is 1. The molecule has 0 aliphatic heterocycles. The third-order valence-electron chi connectivity index (χ3n) is 2.78. The van der Waals surface area contributed by atoms with Gasteiger partial charge in [-0.05, 0) is 24.3 Å². The van der Waals surface area contributed by atoms with E-state index in [1.54, 1.807) is 0 Å². The first kappa shape index (κ1) is 18.5. The summed E-state index contributed by atoms with van der Waals surface area (Å²) >= 11 is 6.20. The summed E-state index contributed by atoms with van der Waals surface area (Å²) in [5, 5.41) is 2.04. The third kappa shape index (κ3) is 4.85. The molecule has 0 aromatic heterocycles. The molecule has 0 spiro atoms. The van der Waals surface area contributed by atoms with Crippen molar-refractivity contribution in [3.8, 4) is 0 Å². The van der Waals surface area contributed by atoms with Crippen molar-refractivity contribution >= 4 is 35.0 Å². The highest BCUT2D eigenvalue weighted by molar-refractivity contribution is 7.99. The van der Waals surface area contributed by atoms with E-state index in [-0.39, 0.29) is 21.2 Å². The maximum absolute atomic E-state index is 13.2. The van der Waals surface area contributed by atoms with Crippen LogP contribution in [0.3, 0.4) is 0 Å². The van der Waals surface area contributed by atoms with Crippen LogP contribution in [0.1, 0.15) is 10.4 Å². The molecule has 128 valence electrons. The van der Waals surface area contributed by atoms with Gasteiger partial charge in [-0.25, -0.2) is 8.78 Å². The molecule has 24 heavy (non-hydrogen) atoms. The molecule has 0 unspecified atom stereocenters. The molecular formula is C15H9ClF5NOS. The minimum Gasteiger partial charge on any atom is -0.321 e. The summed E-state index contributed by atoms with van der Waals surface area (Å²) in [7, 11) is 0. The molecule has 2 rings (SSSR count). The zero-order chi connectivity index (χ0) is 17.9. The Bertz CT molecular complexity index is 766. The van der Waals surface area contributed by atoms with Crippen molar-refractivity contribution in [3.63, 3.8) is 0 Å². The summed E-state index contributed by atoms with van der Waals surface area (Å²) in [6, 6.07) is 7.09. The number of hydrogen-bond donors (Lipinski definition) is 1. The minimum atomic E-state index is -4.37. The number of alkyl halides is 3. The van der Waals surface area contributed by atoms with Gasteiger partial charge in [0.15, 0.2) is 11.6 Å². The van der Waals surface area contributed by atoms with E-state index in [1.807, 2.05) is 0 Å². The maximum Gasteiger partial charge on any atom is 0.398 e. The molecule has 0 radical (unpaired) electrons. The van der Waals surface area contributed by atoms with Crippen LogP contribution in [-0.4, -0.2) is 17.8 Å². The monoisotopic (exact) mass is 381 g/mol. The first-order chi connectivity index (χ1) is 11.2. The molecule has 0 saturated carbocycles. The summed E-state index contributed by atoms with van der Waals surface area (Å²) in [6.07, 6.45) is -4.37. The normalized spacial score (nSPS) is 11.4. The predicted molar refractivity (Wildman–Crippen MR) is 82.5 cm³/mol. The zero-order valence-corrected chi connectivity index (χ0v) is 13.3. The Morgan fingerprint density at radius 2 is 1.75 bits per heavy atom. The molecule has 0 aliphatic carbocycles. The molecule has 0 atom stereocenters.